The van der Waals surface area contributed by atoms with Gasteiger partial charge in [-0.3, -0.25) is 9.59 Å². The number of anilines is 1. The standard InChI is InChI=1S/C18H24N2O5/c1-4-12(2)17(18(23)24-3)19-15(21)9-10-20-13-7-5-6-8-14(13)25-11-16(20)22/h5-8,12,17H,4,9-11H2,1-3H3,(H,19,21)/t12-,17+/m0/s1. The maximum absolute atomic E-state index is 12.3. The summed E-state index contributed by atoms with van der Waals surface area (Å²) < 4.78 is 10.1. The summed E-state index contributed by atoms with van der Waals surface area (Å²) >= 11 is 0. The fourth-order valence-corrected chi connectivity index (χ4v) is 2.65. The van der Waals surface area contributed by atoms with Crippen LogP contribution < -0.4 is 15.0 Å². The number of nitrogens with one attached hydrogen (secondary N) is 1. The van der Waals surface area contributed by atoms with Gasteiger partial charge in [-0.05, 0) is 18.1 Å². The topological polar surface area (TPSA) is 84.9 Å². The van der Waals surface area contributed by atoms with Gasteiger partial charge >= 0.3 is 5.97 Å². The van der Waals surface area contributed by atoms with Gasteiger partial charge in [-0.1, -0.05) is 32.4 Å². The highest BCUT2D eigenvalue weighted by Gasteiger charge is 2.28. The highest BCUT2D eigenvalue weighted by atomic mass is 16.5. The maximum Gasteiger partial charge on any atom is 0.328 e. The van der Waals surface area contributed by atoms with Crippen LogP contribution in [0.15, 0.2) is 24.3 Å². The van der Waals surface area contributed by atoms with E-state index in [1.807, 2.05) is 26.0 Å². The Kier molecular flexibility index (Phi) is 6.38. The van der Waals surface area contributed by atoms with Gasteiger partial charge in [0.25, 0.3) is 5.91 Å². The summed E-state index contributed by atoms with van der Waals surface area (Å²) in [6, 6.07) is 6.51. The number of para-hydroxylation sites is 2. The fourth-order valence-electron chi connectivity index (χ4n) is 2.65. The molecule has 0 spiro atoms. The number of methoxy groups -OCH3 is 1. The van der Waals surface area contributed by atoms with E-state index in [0.717, 1.165) is 6.42 Å². The minimum absolute atomic E-state index is 0.0397. The van der Waals surface area contributed by atoms with Crippen LogP contribution in [0, 0.1) is 5.92 Å². The van der Waals surface area contributed by atoms with Gasteiger partial charge in [0.1, 0.15) is 11.8 Å². The molecule has 0 saturated heterocycles. The number of ether oxygens (including phenoxy) is 2. The highest BCUT2D eigenvalue weighted by molar-refractivity contribution is 5.98. The molecule has 0 unspecified atom stereocenters. The maximum atomic E-state index is 12.3. The molecule has 2 rings (SSSR count). The molecule has 0 aromatic heterocycles. The van der Waals surface area contributed by atoms with Gasteiger partial charge in [-0.25, -0.2) is 4.79 Å². The van der Waals surface area contributed by atoms with Crippen LogP contribution >= 0.6 is 0 Å². The third-order valence-electron chi connectivity index (χ3n) is 4.36. The molecule has 0 aliphatic carbocycles. The molecule has 1 aromatic carbocycles. The Morgan fingerprint density at radius 2 is 2.08 bits per heavy atom. The fraction of sp³-hybridized carbons (Fsp3) is 0.500. The molecule has 1 aromatic rings. The predicted octanol–water partition coefficient (Wildman–Crippen LogP) is 1.51. The Hall–Kier alpha value is -2.57. The van der Waals surface area contributed by atoms with Crippen molar-refractivity contribution in [3.63, 3.8) is 0 Å². The lowest BCUT2D eigenvalue weighted by atomic mass is 9.99. The summed E-state index contributed by atoms with van der Waals surface area (Å²) in [5.41, 5.74) is 0.651. The van der Waals surface area contributed by atoms with E-state index in [1.165, 1.54) is 12.0 Å². The van der Waals surface area contributed by atoms with Crippen LogP contribution in [0.5, 0.6) is 5.75 Å². The van der Waals surface area contributed by atoms with E-state index in [0.29, 0.717) is 11.4 Å². The average molecular weight is 348 g/mol. The second-order valence-electron chi connectivity index (χ2n) is 6.01. The number of hydrogen-bond acceptors (Lipinski definition) is 5. The number of esters is 1. The second kappa shape index (κ2) is 8.50. The number of fused-ring (bicyclic) bond motifs is 1. The van der Waals surface area contributed by atoms with E-state index >= 15 is 0 Å². The molecular formula is C18H24N2O5. The van der Waals surface area contributed by atoms with Crippen molar-refractivity contribution in [2.24, 2.45) is 5.92 Å². The molecule has 1 aliphatic rings. The van der Waals surface area contributed by atoms with Crippen LogP contribution in [0.25, 0.3) is 0 Å². The van der Waals surface area contributed by atoms with Gasteiger partial charge in [-0.2, -0.15) is 0 Å². The molecule has 2 amide bonds. The second-order valence-corrected chi connectivity index (χ2v) is 6.01. The SMILES string of the molecule is CC[C@H](C)[C@@H](NC(=O)CCN1C(=O)COc2ccccc21)C(=O)OC. The van der Waals surface area contributed by atoms with E-state index in [1.54, 1.807) is 12.1 Å². The number of benzene rings is 1. The lowest BCUT2D eigenvalue weighted by molar-refractivity contribution is -0.146. The Morgan fingerprint density at radius 3 is 2.76 bits per heavy atom. The third-order valence-corrected chi connectivity index (χ3v) is 4.36. The van der Waals surface area contributed by atoms with Crippen molar-refractivity contribution in [1.29, 1.82) is 0 Å². The van der Waals surface area contributed by atoms with E-state index in [2.05, 4.69) is 5.32 Å². The summed E-state index contributed by atoms with van der Waals surface area (Å²) in [5.74, 6) is -0.377. The summed E-state index contributed by atoms with van der Waals surface area (Å²) in [5, 5.41) is 2.71. The van der Waals surface area contributed by atoms with Crippen molar-refractivity contribution in [1.82, 2.24) is 5.32 Å². The Labute approximate surface area is 147 Å². The minimum atomic E-state index is -0.685. The molecule has 7 nitrogen and oxygen atoms in total. The van der Waals surface area contributed by atoms with Crippen molar-refractivity contribution < 1.29 is 23.9 Å². The summed E-state index contributed by atoms with van der Waals surface area (Å²) in [7, 11) is 1.30. The zero-order chi connectivity index (χ0) is 18.4. The zero-order valence-electron chi connectivity index (χ0n) is 14.8. The van der Waals surface area contributed by atoms with Crippen LogP contribution in [-0.4, -0.2) is 44.1 Å². The third kappa shape index (κ3) is 4.49. The van der Waals surface area contributed by atoms with Crippen LogP contribution in [0.2, 0.25) is 0 Å². The van der Waals surface area contributed by atoms with Gasteiger partial charge in [0.2, 0.25) is 5.91 Å². The van der Waals surface area contributed by atoms with Crippen molar-refractivity contribution in [3.8, 4) is 5.75 Å². The lowest BCUT2D eigenvalue weighted by Crippen LogP contribution is -2.47. The molecule has 1 N–H and O–H groups in total. The number of carbonyl (C=O) groups excluding carboxylic acids is 3. The Bertz CT molecular complexity index is 646. The Morgan fingerprint density at radius 1 is 1.36 bits per heavy atom. The van der Waals surface area contributed by atoms with Crippen LogP contribution in [0.3, 0.4) is 0 Å². The predicted molar refractivity (Wildman–Crippen MR) is 92.3 cm³/mol. The highest BCUT2D eigenvalue weighted by Crippen LogP contribution is 2.31. The average Bonchev–Trinajstić information content (AvgIpc) is 2.64. The van der Waals surface area contributed by atoms with E-state index < -0.39 is 12.0 Å². The number of nitrogens with zero attached hydrogens (tertiary/aromatic N) is 1. The molecule has 0 bridgehead atoms. The van der Waals surface area contributed by atoms with Gasteiger partial charge in [0.05, 0.1) is 12.8 Å². The first-order chi connectivity index (χ1) is 12.0. The molecule has 1 heterocycles. The number of carbonyl (C=O) groups is 3. The molecule has 136 valence electrons. The van der Waals surface area contributed by atoms with Crippen LogP contribution in [0.1, 0.15) is 26.7 Å². The van der Waals surface area contributed by atoms with Gasteiger partial charge in [0.15, 0.2) is 6.61 Å². The minimum Gasteiger partial charge on any atom is -0.482 e. The van der Waals surface area contributed by atoms with E-state index in [-0.39, 0.29) is 37.3 Å². The normalized spacial score (nSPS) is 15.6. The Balaban J connectivity index is 1.99. The van der Waals surface area contributed by atoms with Crippen molar-refractivity contribution in [2.75, 3.05) is 25.2 Å². The molecule has 7 heteroatoms. The van der Waals surface area contributed by atoms with Gasteiger partial charge in [0, 0.05) is 13.0 Å². The van der Waals surface area contributed by atoms with E-state index in [4.69, 9.17) is 9.47 Å². The van der Waals surface area contributed by atoms with Gasteiger partial charge < -0.3 is 19.7 Å². The number of hydrogen-bond donors (Lipinski definition) is 1. The van der Waals surface area contributed by atoms with Crippen molar-refractivity contribution >= 4 is 23.5 Å². The number of amides is 2. The molecule has 2 atom stereocenters. The van der Waals surface area contributed by atoms with Crippen LogP contribution in [-0.2, 0) is 19.1 Å². The zero-order valence-corrected chi connectivity index (χ0v) is 14.8. The summed E-state index contributed by atoms with van der Waals surface area (Å²) in [6.45, 7) is 4.00. The quantitative estimate of drug-likeness (QED) is 0.755. The lowest BCUT2D eigenvalue weighted by Gasteiger charge is -2.29. The van der Waals surface area contributed by atoms with Crippen molar-refractivity contribution in [3.05, 3.63) is 24.3 Å². The smallest absolute Gasteiger partial charge is 0.328 e. The molecule has 0 radical (unpaired) electrons. The first kappa shape index (κ1) is 18.8. The molecule has 0 saturated carbocycles. The largest absolute Gasteiger partial charge is 0.482 e. The molecule has 0 fully saturated rings. The molecule has 25 heavy (non-hydrogen) atoms. The van der Waals surface area contributed by atoms with E-state index in [9.17, 15) is 14.4 Å². The first-order valence-corrected chi connectivity index (χ1v) is 8.37. The van der Waals surface area contributed by atoms with Gasteiger partial charge in [-0.15, -0.1) is 0 Å². The monoisotopic (exact) mass is 348 g/mol. The number of rotatable bonds is 7. The molecule has 1 aliphatic heterocycles. The summed E-state index contributed by atoms with van der Waals surface area (Å²) in [6.07, 6.45) is 0.819. The van der Waals surface area contributed by atoms with Crippen LogP contribution in [0.4, 0.5) is 5.69 Å². The summed E-state index contributed by atoms with van der Waals surface area (Å²) in [4.78, 5) is 37.8. The first-order valence-electron chi connectivity index (χ1n) is 8.37. The van der Waals surface area contributed by atoms with Crippen molar-refractivity contribution in [2.45, 2.75) is 32.7 Å². The molecular weight excluding hydrogens is 324 g/mol.